The molecular formula is C11H18N2O3. The van der Waals surface area contributed by atoms with Crippen molar-refractivity contribution in [1.82, 2.24) is 4.90 Å². The molecule has 3 N–H and O–H groups in total. The number of hydrogen-bond acceptors (Lipinski definition) is 3. The minimum Gasteiger partial charge on any atom is -0.480 e. The monoisotopic (exact) mass is 226 g/mol. The molecule has 0 heterocycles. The number of amides is 1. The Morgan fingerprint density at radius 1 is 1.50 bits per heavy atom. The molecule has 1 aliphatic rings. The average molecular weight is 226 g/mol. The number of nitrogens with two attached hydrogens (primary N) is 1. The second kappa shape index (κ2) is 5.65. The van der Waals surface area contributed by atoms with E-state index in [2.05, 4.69) is 6.58 Å². The largest absolute Gasteiger partial charge is 0.480 e. The Kier molecular flexibility index (Phi) is 4.49. The lowest BCUT2D eigenvalue weighted by Gasteiger charge is -2.22. The van der Waals surface area contributed by atoms with E-state index in [9.17, 15) is 9.59 Å². The lowest BCUT2D eigenvalue weighted by molar-refractivity contribution is -0.145. The minimum atomic E-state index is -1.00. The molecule has 0 aromatic rings. The number of carbonyl (C=O) groups is 2. The highest BCUT2D eigenvalue weighted by Gasteiger charge is 2.31. The number of nitrogens with zero attached hydrogens (tertiary/aromatic N) is 1. The Morgan fingerprint density at radius 3 is 2.62 bits per heavy atom. The summed E-state index contributed by atoms with van der Waals surface area (Å²) in [7, 11) is 0. The molecule has 0 spiro atoms. The Hall–Kier alpha value is -1.36. The summed E-state index contributed by atoms with van der Waals surface area (Å²) >= 11 is 0. The molecule has 1 amide bonds. The molecule has 90 valence electrons. The van der Waals surface area contributed by atoms with E-state index in [1.165, 1.54) is 11.0 Å². The molecule has 1 fully saturated rings. The number of aliphatic carboxylic acids is 1. The molecule has 0 bridgehead atoms. The molecule has 0 saturated heterocycles. The van der Waals surface area contributed by atoms with Crippen molar-refractivity contribution in [2.75, 3.05) is 13.1 Å². The summed E-state index contributed by atoms with van der Waals surface area (Å²) in [6.07, 6.45) is 3.79. The molecule has 5 heteroatoms. The number of rotatable bonds is 5. The van der Waals surface area contributed by atoms with Crippen LogP contribution in [0.2, 0.25) is 0 Å². The molecule has 0 aromatic heterocycles. The van der Waals surface area contributed by atoms with Gasteiger partial charge < -0.3 is 15.7 Å². The summed E-state index contributed by atoms with van der Waals surface area (Å²) in [5.41, 5.74) is 5.73. The molecule has 2 unspecified atom stereocenters. The summed E-state index contributed by atoms with van der Waals surface area (Å²) < 4.78 is 0. The fraction of sp³-hybridized carbons (Fsp3) is 0.636. The van der Waals surface area contributed by atoms with Crippen molar-refractivity contribution in [3.8, 4) is 0 Å². The third-order valence-corrected chi connectivity index (χ3v) is 2.81. The first-order valence-electron chi connectivity index (χ1n) is 5.41. The van der Waals surface area contributed by atoms with Crippen LogP contribution in [0.15, 0.2) is 12.7 Å². The van der Waals surface area contributed by atoms with Crippen molar-refractivity contribution in [2.24, 2.45) is 11.7 Å². The van der Waals surface area contributed by atoms with Crippen LogP contribution in [0.25, 0.3) is 0 Å². The highest BCUT2D eigenvalue weighted by molar-refractivity contribution is 5.83. The molecule has 2 atom stereocenters. The van der Waals surface area contributed by atoms with E-state index in [1.807, 2.05) is 0 Å². The van der Waals surface area contributed by atoms with Crippen molar-refractivity contribution < 1.29 is 14.7 Å². The van der Waals surface area contributed by atoms with E-state index in [4.69, 9.17) is 10.8 Å². The predicted molar refractivity (Wildman–Crippen MR) is 59.7 cm³/mol. The van der Waals surface area contributed by atoms with Gasteiger partial charge >= 0.3 is 5.97 Å². The van der Waals surface area contributed by atoms with E-state index in [1.54, 1.807) is 0 Å². The second-order valence-electron chi connectivity index (χ2n) is 4.17. The number of hydrogen-bond donors (Lipinski definition) is 2. The maximum Gasteiger partial charge on any atom is 0.323 e. The minimum absolute atomic E-state index is 0.0735. The summed E-state index contributed by atoms with van der Waals surface area (Å²) in [4.78, 5) is 23.9. The van der Waals surface area contributed by atoms with Gasteiger partial charge in [-0.25, -0.2) is 0 Å². The van der Waals surface area contributed by atoms with Gasteiger partial charge in [-0.3, -0.25) is 9.59 Å². The van der Waals surface area contributed by atoms with Crippen molar-refractivity contribution in [1.29, 1.82) is 0 Å². The van der Waals surface area contributed by atoms with Crippen molar-refractivity contribution in [2.45, 2.75) is 25.3 Å². The van der Waals surface area contributed by atoms with Crippen LogP contribution in [0.5, 0.6) is 0 Å². The van der Waals surface area contributed by atoms with E-state index in [0.717, 1.165) is 12.8 Å². The fourth-order valence-electron chi connectivity index (χ4n) is 2.05. The van der Waals surface area contributed by atoms with Crippen molar-refractivity contribution >= 4 is 11.9 Å². The average Bonchev–Trinajstić information content (AvgIpc) is 2.62. The number of carboxylic acid groups (broad SMARTS) is 1. The zero-order valence-corrected chi connectivity index (χ0v) is 9.26. The fourth-order valence-corrected chi connectivity index (χ4v) is 2.05. The Bertz CT molecular complexity index is 291. The second-order valence-corrected chi connectivity index (χ2v) is 4.17. The van der Waals surface area contributed by atoms with Crippen LogP contribution >= 0.6 is 0 Å². The molecular weight excluding hydrogens is 208 g/mol. The van der Waals surface area contributed by atoms with Gasteiger partial charge in [0, 0.05) is 18.5 Å². The van der Waals surface area contributed by atoms with Gasteiger partial charge in [0.1, 0.15) is 6.54 Å². The molecule has 1 aliphatic carbocycles. The van der Waals surface area contributed by atoms with E-state index >= 15 is 0 Å². The van der Waals surface area contributed by atoms with Gasteiger partial charge in [0.05, 0.1) is 0 Å². The summed E-state index contributed by atoms with van der Waals surface area (Å²) in [6.45, 7) is 3.53. The van der Waals surface area contributed by atoms with Gasteiger partial charge in [0.15, 0.2) is 0 Å². The van der Waals surface area contributed by atoms with Gasteiger partial charge in [-0.1, -0.05) is 6.08 Å². The quantitative estimate of drug-likeness (QED) is 0.656. The SMILES string of the molecule is C=CCN(CC(=O)O)C(=O)C1CCC(N)C1. The lowest BCUT2D eigenvalue weighted by atomic mass is 10.1. The highest BCUT2D eigenvalue weighted by atomic mass is 16.4. The maximum absolute atomic E-state index is 12.0. The maximum atomic E-state index is 12.0. The topological polar surface area (TPSA) is 83.6 Å². The van der Waals surface area contributed by atoms with Gasteiger partial charge in [0.2, 0.25) is 5.91 Å². The van der Waals surface area contributed by atoms with E-state index in [-0.39, 0.29) is 31.0 Å². The summed E-state index contributed by atoms with van der Waals surface area (Å²) in [6, 6.07) is 0.0735. The Balaban J connectivity index is 2.59. The van der Waals surface area contributed by atoms with Gasteiger partial charge in [0.25, 0.3) is 0 Å². The molecule has 5 nitrogen and oxygen atoms in total. The molecule has 16 heavy (non-hydrogen) atoms. The molecule has 1 rings (SSSR count). The Labute approximate surface area is 94.9 Å². The van der Waals surface area contributed by atoms with Crippen LogP contribution in [0.3, 0.4) is 0 Å². The van der Waals surface area contributed by atoms with Gasteiger partial charge in [-0.15, -0.1) is 6.58 Å². The number of carbonyl (C=O) groups excluding carboxylic acids is 1. The molecule has 0 aliphatic heterocycles. The highest BCUT2D eigenvalue weighted by Crippen LogP contribution is 2.25. The summed E-state index contributed by atoms with van der Waals surface area (Å²) in [5.74, 6) is -1.23. The van der Waals surface area contributed by atoms with Crippen LogP contribution < -0.4 is 5.73 Å². The smallest absolute Gasteiger partial charge is 0.323 e. The van der Waals surface area contributed by atoms with Gasteiger partial charge in [-0.2, -0.15) is 0 Å². The molecule has 0 radical (unpaired) electrons. The van der Waals surface area contributed by atoms with Crippen LogP contribution in [0.4, 0.5) is 0 Å². The summed E-state index contributed by atoms with van der Waals surface area (Å²) in [5, 5.41) is 8.70. The van der Waals surface area contributed by atoms with Crippen LogP contribution in [-0.2, 0) is 9.59 Å². The van der Waals surface area contributed by atoms with E-state index < -0.39 is 5.97 Å². The number of carboxylic acids is 1. The van der Waals surface area contributed by atoms with Crippen LogP contribution in [-0.4, -0.2) is 41.0 Å². The van der Waals surface area contributed by atoms with Gasteiger partial charge in [-0.05, 0) is 19.3 Å². The first kappa shape index (κ1) is 12.7. The third-order valence-electron chi connectivity index (χ3n) is 2.81. The first-order valence-corrected chi connectivity index (χ1v) is 5.41. The standard InChI is InChI=1S/C11H18N2O3/c1-2-5-13(7-10(14)15)11(16)8-3-4-9(12)6-8/h2,8-9H,1,3-7,12H2,(H,14,15). The van der Waals surface area contributed by atoms with Crippen molar-refractivity contribution in [3.63, 3.8) is 0 Å². The normalized spacial score (nSPS) is 24.1. The molecule has 1 saturated carbocycles. The predicted octanol–water partition coefficient (Wildman–Crippen LogP) is 0.213. The molecule has 0 aromatic carbocycles. The zero-order chi connectivity index (χ0) is 12.1. The van der Waals surface area contributed by atoms with Crippen LogP contribution in [0, 0.1) is 5.92 Å². The lowest BCUT2D eigenvalue weighted by Crippen LogP contribution is -2.39. The zero-order valence-electron chi connectivity index (χ0n) is 9.26. The van der Waals surface area contributed by atoms with Crippen LogP contribution in [0.1, 0.15) is 19.3 Å². The first-order chi connectivity index (χ1) is 7.54. The third kappa shape index (κ3) is 3.34. The van der Waals surface area contributed by atoms with E-state index in [0.29, 0.717) is 6.42 Å². The van der Waals surface area contributed by atoms with Crippen molar-refractivity contribution in [3.05, 3.63) is 12.7 Å². The Morgan fingerprint density at radius 2 is 2.19 bits per heavy atom.